The van der Waals surface area contributed by atoms with Gasteiger partial charge >= 0.3 is 0 Å². The summed E-state index contributed by atoms with van der Waals surface area (Å²) in [6.45, 7) is 6.06. The van der Waals surface area contributed by atoms with E-state index in [0.717, 1.165) is 40.1 Å². The number of ether oxygens (including phenoxy) is 1. The number of rotatable bonds is 6. The van der Waals surface area contributed by atoms with Gasteiger partial charge in [-0.25, -0.2) is 0 Å². The molecular formula is C15H20BrN3O. The van der Waals surface area contributed by atoms with Crippen LogP contribution in [0.25, 0.3) is 0 Å². The van der Waals surface area contributed by atoms with Gasteiger partial charge in [0.1, 0.15) is 12.4 Å². The Labute approximate surface area is 128 Å². The predicted molar refractivity (Wildman–Crippen MR) is 83.6 cm³/mol. The van der Waals surface area contributed by atoms with E-state index in [0.29, 0.717) is 13.2 Å². The number of nitrogens with two attached hydrogens (primary N) is 1. The van der Waals surface area contributed by atoms with Gasteiger partial charge < -0.3 is 10.5 Å². The SMILES string of the molecule is CCc1cc(COc2ccc(Br)c(CN)c2)n(CC)n1. The number of halogens is 1. The number of aromatic nitrogens is 2. The lowest BCUT2D eigenvalue weighted by Crippen LogP contribution is -2.06. The number of nitrogens with zero attached hydrogens (tertiary/aromatic N) is 2. The summed E-state index contributed by atoms with van der Waals surface area (Å²) in [5.41, 5.74) is 8.94. The normalized spacial score (nSPS) is 10.8. The molecule has 0 aliphatic carbocycles. The smallest absolute Gasteiger partial charge is 0.130 e. The molecule has 0 radical (unpaired) electrons. The summed E-state index contributed by atoms with van der Waals surface area (Å²) >= 11 is 3.47. The van der Waals surface area contributed by atoms with E-state index in [1.54, 1.807) is 0 Å². The summed E-state index contributed by atoms with van der Waals surface area (Å²) < 4.78 is 8.85. The molecule has 0 amide bonds. The van der Waals surface area contributed by atoms with Gasteiger partial charge in [-0.15, -0.1) is 0 Å². The van der Waals surface area contributed by atoms with Crippen LogP contribution in [0.5, 0.6) is 5.75 Å². The van der Waals surface area contributed by atoms with Gasteiger partial charge in [0.2, 0.25) is 0 Å². The van der Waals surface area contributed by atoms with Crippen LogP contribution in [-0.2, 0) is 26.1 Å². The fourth-order valence-electron chi connectivity index (χ4n) is 2.03. The highest BCUT2D eigenvalue weighted by molar-refractivity contribution is 9.10. The van der Waals surface area contributed by atoms with Crippen molar-refractivity contribution >= 4 is 15.9 Å². The van der Waals surface area contributed by atoms with Gasteiger partial charge in [-0.2, -0.15) is 5.10 Å². The van der Waals surface area contributed by atoms with Crippen molar-refractivity contribution in [2.45, 2.75) is 40.0 Å². The van der Waals surface area contributed by atoms with Crippen LogP contribution in [0.4, 0.5) is 0 Å². The van der Waals surface area contributed by atoms with Crippen LogP contribution in [0.3, 0.4) is 0 Å². The second-order valence-electron chi connectivity index (χ2n) is 4.54. The number of hydrogen-bond acceptors (Lipinski definition) is 3. The van der Waals surface area contributed by atoms with Crippen molar-refractivity contribution < 1.29 is 4.74 Å². The Hall–Kier alpha value is -1.33. The Morgan fingerprint density at radius 3 is 2.75 bits per heavy atom. The monoisotopic (exact) mass is 337 g/mol. The van der Waals surface area contributed by atoms with Crippen molar-refractivity contribution in [1.82, 2.24) is 9.78 Å². The van der Waals surface area contributed by atoms with Crippen LogP contribution >= 0.6 is 15.9 Å². The fraction of sp³-hybridized carbons (Fsp3) is 0.400. The summed E-state index contributed by atoms with van der Waals surface area (Å²) in [6, 6.07) is 7.98. The van der Waals surface area contributed by atoms with Crippen molar-refractivity contribution in [3.8, 4) is 5.75 Å². The maximum atomic E-state index is 5.85. The maximum Gasteiger partial charge on any atom is 0.130 e. The second kappa shape index (κ2) is 6.90. The summed E-state index contributed by atoms with van der Waals surface area (Å²) in [6.07, 6.45) is 0.940. The molecule has 0 saturated heterocycles. The Morgan fingerprint density at radius 2 is 2.10 bits per heavy atom. The lowest BCUT2D eigenvalue weighted by atomic mass is 10.2. The largest absolute Gasteiger partial charge is 0.487 e. The molecule has 0 unspecified atom stereocenters. The van der Waals surface area contributed by atoms with E-state index in [1.807, 2.05) is 22.9 Å². The van der Waals surface area contributed by atoms with Crippen molar-refractivity contribution in [2.24, 2.45) is 5.73 Å². The topological polar surface area (TPSA) is 53.1 Å². The van der Waals surface area contributed by atoms with Crippen LogP contribution in [0.1, 0.15) is 30.8 Å². The summed E-state index contributed by atoms with van der Waals surface area (Å²) in [5, 5.41) is 4.52. The minimum absolute atomic E-state index is 0.491. The second-order valence-corrected chi connectivity index (χ2v) is 5.40. The highest BCUT2D eigenvalue weighted by Crippen LogP contribution is 2.23. The van der Waals surface area contributed by atoms with E-state index in [-0.39, 0.29) is 0 Å². The van der Waals surface area contributed by atoms with Crippen molar-refractivity contribution in [3.63, 3.8) is 0 Å². The molecule has 1 aromatic carbocycles. The molecule has 5 heteroatoms. The van der Waals surface area contributed by atoms with Crippen LogP contribution < -0.4 is 10.5 Å². The zero-order valence-electron chi connectivity index (χ0n) is 11.9. The zero-order chi connectivity index (χ0) is 14.5. The molecule has 0 bridgehead atoms. The molecule has 1 aromatic heterocycles. The highest BCUT2D eigenvalue weighted by atomic mass is 79.9. The molecular weight excluding hydrogens is 318 g/mol. The quantitative estimate of drug-likeness (QED) is 0.880. The van der Waals surface area contributed by atoms with Gasteiger partial charge in [-0.05, 0) is 43.2 Å². The first kappa shape index (κ1) is 15.1. The lowest BCUT2D eigenvalue weighted by Gasteiger charge is -2.09. The van der Waals surface area contributed by atoms with E-state index >= 15 is 0 Å². The Morgan fingerprint density at radius 1 is 1.30 bits per heavy atom. The molecule has 0 spiro atoms. The Bertz CT molecular complexity index is 580. The third kappa shape index (κ3) is 3.41. The molecule has 2 N–H and O–H groups in total. The van der Waals surface area contributed by atoms with Crippen molar-refractivity contribution in [3.05, 3.63) is 45.7 Å². The lowest BCUT2D eigenvalue weighted by molar-refractivity contribution is 0.292. The van der Waals surface area contributed by atoms with E-state index in [1.165, 1.54) is 0 Å². The first-order valence-corrected chi connectivity index (χ1v) is 7.64. The molecule has 0 fully saturated rings. The molecule has 0 saturated carbocycles. The van der Waals surface area contributed by atoms with Gasteiger partial charge in [-0.3, -0.25) is 4.68 Å². The first-order valence-electron chi connectivity index (χ1n) is 6.84. The van der Waals surface area contributed by atoms with Crippen LogP contribution in [0.15, 0.2) is 28.7 Å². The first-order chi connectivity index (χ1) is 9.67. The molecule has 0 atom stereocenters. The van der Waals surface area contributed by atoms with Gasteiger partial charge in [0.25, 0.3) is 0 Å². The number of hydrogen-bond donors (Lipinski definition) is 1. The maximum absolute atomic E-state index is 5.85. The minimum Gasteiger partial charge on any atom is -0.487 e. The number of aryl methyl sites for hydroxylation is 2. The number of benzene rings is 1. The summed E-state index contributed by atoms with van der Waals surface area (Å²) in [5.74, 6) is 0.829. The molecule has 1 heterocycles. The molecule has 2 rings (SSSR count). The molecule has 4 nitrogen and oxygen atoms in total. The molecule has 108 valence electrons. The van der Waals surface area contributed by atoms with Gasteiger partial charge in [0.15, 0.2) is 0 Å². The average molecular weight is 338 g/mol. The van der Waals surface area contributed by atoms with E-state index in [4.69, 9.17) is 10.5 Å². The Kier molecular flexibility index (Phi) is 5.20. The van der Waals surface area contributed by atoms with E-state index in [2.05, 4.69) is 40.9 Å². The summed E-state index contributed by atoms with van der Waals surface area (Å²) in [4.78, 5) is 0. The van der Waals surface area contributed by atoms with Crippen molar-refractivity contribution in [1.29, 1.82) is 0 Å². The molecule has 2 aromatic rings. The van der Waals surface area contributed by atoms with Gasteiger partial charge in [0, 0.05) is 17.6 Å². The van der Waals surface area contributed by atoms with Gasteiger partial charge in [0.05, 0.1) is 11.4 Å². The molecule has 0 aliphatic rings. The van der Waals surface area contributed by atoms with Crippen LogP contribution in [0, 0.1) is 0 Å². The van der Waals surface area contributed by atoms with Gasteiger partial charge in [-0.1, -0.05) is 22.9 Å². The Balaban J connectivity index is 2.10. The van der Waals surface area contributed by atoms with Crippen LogP contribution in [-0.4, -0.2) is 9.78 Å². The predicted octanol–water partition coefficient (Wildman–Crippen LogP) is 3.27. The molecule has 0 aliphatic heterocycles. The molecule has 20 heavy (non-hydrogen) atoms. The minimum atomic E-state index is 0.491. The highest BCUT2D eigenvalue weighted by Gasteiger charge is 2.07. The standard InChI is InChI=1S/C15H20BrN3O/c1-3-12-8-13(19(4-2)18-12)10-20-14-5-6-15(16)11(7-14)9-17/h5-8H,3-4,9-10,17H2,1-2H3. The zero-order valence-corrected chi connectivity index (χ0v) is 13.5. The van der Waals surface area contributed by atoms with E-state index < -0.39 is 0 Å². The van der Waals surface area contributed by atoms with Crippen LogP contribution in [0.2, 0.25) is 0 Å². The third-order valence-electron chi connectivity index (χ3n) is 3.20. The average Bonchev–Trinajstić information content (AvgIpc) is 2.88. The fourth-order valence-corrected chi connectivity index (χ4v) is 2.44. The van der Waals surface area contributed by atoms with Crippen molar-refractivity contribution in [2.75, 3.05) is 0 Å². The van der Waals surface area contributed by atoms with E-state index in [9.17, 15) is 0 Å². The third-order valence-corrected chi connectivity index (χ3v) is 3.97. The summed E-state index contributed by atoms with van der Waals surface area (Å²) in [7, 11) is 0.